The molecule has 4 heterocycles. The number of β-lactam (4-membered cyclic amide) rings is 1. The van der Waals surface area contributed by atoms with Crippen LogP contribution < -0.4 is 16.5 Å². The number of amides is 2. The van der Waals surface area contributed by atoms with E-state index in [0.29, 0.717) is 41.0 Å². The first-order chi connectivity index (χ1) is 18.4. The van der Waals surface area contributed by atoms with Crippen molar-refractivity contribution in [3.05, 3.63) is 50.5 Å². The number of rotatable bonds is 10. The smallest absolute Gasteiger partial charge is 0.352 e. The summed E-state index contributed by atoms with van der Waals surface area (Å²) in [6.45, 7) is 0.904. The Hall–Kier alpha value is -3.89. The number of aromatic hydroxyl groups is 1. The van der Waals surface area contributed by atoms with Crippen molar-refractivity contribution in [1.82, 2.24) is 20.2 Å². The van der Waals surface area contributed by atoms with Crippen molar-refractivity contribution in [2.45, 2.75) is 17.8 Å². The van der Waals surface area contributed by atoms with Crippen LogP contribution >= 0.6 is 23.1 Å². The Labute approximate surface area is 230 Å². The molecular weight excluding hydrogens is 550 g/mol. The van der Waals surface area contributed by atoms with E-state index in [1.807, 2.05) is 14.1 Å². The minimum Gasteiger partial charge on any atom is -0.503 e. The van der Waals surface area contributed by atoms with E-state index < -0.39 is 34.6 Å². The van der Waals surface area contributed by atoms with E-state index in [1.165, 1.54) is 41.4 Å². The predicted molar refractivity (Wildman–Crippen MR) is 144 cm³/mol. The van der Waals surface area contributed by atoms with Crippen molar-refractivity contribution in [1.29, 1.82) is 0 Å². The molecule has 1 saturated heterocycles. The number of nitrogens with two attached hydrogens (primary N) is 1. The van der Waals surface area contributed by atoms with Gasteiger partial charge in [0, 0.05) is 41.1 Å². The number of hydrogen-bond acceptors (Lipinski definition) is 11. The molecule has 16 heteroatoms. The lowest BCUT2D eigenvalue weighted by Crippen LogP contribution is -2.71. The molecule has 6 N–H and O–H groups in total. The van der Waals surface area contributed by atoms with Gasteiger partial charge in [0.2, 0.25) is 5.43 Å². The lowest BCUT2D eigenvalue weighted by molar-refractivity contribution is -0.885. The van der Waals surface area contributed by atoms with E-state index in [0.717, 1.165) is 11.3 Å². The molecule has 2 aliphatic heterocycles. The Bertz CT molecular complexity index is 1430. The largest absolute Gasteiger partial charge is 0.503 e. The Morgan fingerprint density at radius 3 is 2.74 bits per heavy atom. The second kappa shape index (κ2) is 11.1. The summed E-state index contributed by atoms with van der Waals surface area (Å²) in [5.74, 6) is -2.48. The number of nitrogens with one attached hydrogen (secondary N) is 2. The van der Waals surface area contributed by atoms with E-state index in [2.05, 4.69) is 20.4 Å². The molecule has 0 aromatic carbocycles. The predicted octanol–water partition coefficient (Wildman–Crippen LogP) is -0.473. The number of pyridine rings is 1. The topological polar surface area (TPSA) is 200 Å². The number of H-pyrrole nitrogens is 1. The molecule has 2 aromatic rings. The van der Waals surface area contributed by atoms with Crippen LogP contribution in [0.25, 0.3) is 0 Å². The monoisotopic (exact) mass is 578 g/mol. The van der Waals surface area contributed by atoms with Gasteiger partial charge in [0.15, 0.2) is 16.6 Å². The van der Waals surface area contributed by atoms with Gasteiger partial charge in [-0.3, -0.25) is 19.3 Å². The van der Waals surface area contributed by atoms with Crippen LogP contribution in [0.5, 0.6) is 5.75 Å². The van der Waals surface area contributed by atoms with Gasteiger partial charge in [-0.15, -0.1) is 23.1 Å². The molecule has 0 unspecified atom stereocenters. The van der Waals surface area contributed by atoms with Crippen LogP contribution in [0.4, 0.5) is 5.13 Å². The number of oxime groups is 1. The average Bonchev–Trinajstić information content (AvgIpc) is 3.31. The van der Waals surface area contributed by atoms with E-state index >= 15 is 0 Å². The van der Waals surface area contributed by atoms with Crippen molar-refractivity contribution in [3.63, 3.8) is 0 Å². The molecule has 2 aromatic heterocycles. The molecule has 0 spiro atoms. The van der Waals surface area contributed by atoms with Crippen LogP contribution in [0.3, 0.4) is 0 Å². The fourth-order valence-corrected chi connectivity index (χ4v) is 6.26. The van der Waals surface area contributed by atoms with Crippen LogP contribution in [0, 0.1) is 0 Å². The third-order valence-corrected chi connectivity index (χ3v) is 8.27. The number of aromatic amines is 1. The molecule has 2 amide bonds. The van der Waals surface area contributed by atoms with Gasteiger partial charge in [-0.05, 0) is 0 Å². The second-order valence-electron chi connectivity index (χ2n) is 9.59. The second-order valence-corrected chi connectivity index (χ2v) is 11.6. The van der Waals surface area contributed by atoms with E-state index in [9.17, 15) is 29.4 Å². The molecule has 39 heavy (non-hydrogen) atoms. The number of likely N-dealkylation sites (N-methyl/N-ethyl adjacent to an activating group) is 1. The molecule has 208 valence electrons. The number of carboxylic acid groups (broad SMARTS) is 1. The number of carboxylic acids is 1. The molecule has 4 rings (SSSR count). The molecule has 0 saturated carbocycles. The number of carbonyl (C=O) groups is 3. The zero-order valence-electron chi connectivity index (χ0n) is 21.3. The number of aliphatic carboxylic acids is 1. The number of carbonyl (C=O) groups excluding carboxylic acids is 2. The lowest BCUT2D eigenvalue weighted by atomic mass is 10.0. The first-order valence-electron chi connectivity index (χ1n) is 11.7. The number of thiazole rings is 1. The van der Waals surface area contributed by atoms with Crippen molar-refractivity contribution in [3.8, 4) is 5.75 Å². The Balaban J connectivity index is 1.47. The summed E-state index contributed by atoms with van der Waals surface area (Å²) < 4.78 is 0.385. The number of nitrogen functional groups attached to an aromatic ring is 1. The fraction of sp³-hybridized carbons (Fsp3) is 0.391. The minimum absolute atomic E-state index is 0.0865. The van der Waals surface area contributed by atoms with Crippen molar-refractivity contribution >= 4 is 51.7 Å². The number of hydrogen-bond donors (Lipinski definition) is 5. The Morgan fingerprint density at radius 2 is 2.13 bits per heavy atom. The third-order valence-electron chi connectivity index (χ3n) is 6.26. The summed E-state index contributed by atoms with van der Waals surface area (Å²) in [5.41, 5.74) is 6.36. The number of aromatic nitrogens is 2. The number of thioether (sulfide) groups is 1. The normalized spacial score (nSPS) is 19.4. The van der Waals surface area contributed by atoms with Gasteiger partial charge in [0.25, 0.3) is 11.8 Å². The third kappa shape index (κ3) is 5.91. The van der Waals surface area contributed by atoms with E-state index in [-0.39, 0.29) is 28.0 Å². The van der Waals surface area contributed by atoms with Crippen molar-refractivity contribution in [2.75, 3.05) is 45.8 Å². The van der Waals surface area contributed by atoms with Gasteiger partial charge in [-0.2, -0.15) is 0 Å². The van der Waals surface area contributed by atoms with Crippen LogP contribution in [-0.2, 0) is 25.6 Å². The summed E-state index contributed by atoms with van der Waals surface area (Å²) in [7, 11) is 5.11. The number of anilines is 1. The maximum atomic E-state index is 13.1. The van der Waals surface area contributed by atoms with Crippen molar-refractivity contribution in [2.24, 2.45) is 5.16 Å². The molecule has 0 aliphatic carbocycles. The van der Waals surface area contributed by atoms with Crippen molar-refractivity contribution < 1.29 is 33.9 Å². The lowest BCUT2D eigenvalue weighted by Gasteiger charge is -2.49. The summed E-state index contributed by atoms with van der Waals surface area (Å²) in [4.78, 5) is 62.9. The highest BCUT2D eigenvalue weighted by molar-refractivity contribution is 8.00. The fourth-order valence-electron chi connectivity index (χ4n) is 4.38. The molecule has 2 aliphatic rings. The Morgan fingerprint density at radius 1 is 1.38 bits per heavy atom. The van der Waals surface area contributed by atoms with Gasteiger partial charge in [-0.25, -0.2) is 9.78 Å². The molecule has 0 bridgehead atoms. The summed E-state index contributed by atoms with van der Waals surface area (Å²) >= 11 is 2.48. The SMILES string of the molecule is CON=C(C(=O)N[C@@H]1C(=O)N2C(C(=O)O)=C(C[N+](C)(C)CCc3cc(=O)c(O)c[nH]3)CS[C@@H]12)c1csc(N)n1. The summed E-state index contributed by atoms with van der Waals surface area (Å²) in [6, 6.07) is 0.378. The van der Waals surface area contributed by atoms with Crippen LogP contribution in [-0.4, -0.2) is 105 Å². The maximum absolute atomic E-state index is 13.1. The van der Waals surface area contributed by atoms with Gasteiger partial charge in [0.05, 0.1) is 20.6 Å². The first-order valence-corrected chi connectivity index (χ1v) is 13.6. The molecule has 1 fully saturated rings. The van der Waals surface area contributed by atoms with Crippen LogP contribution in [0.15, 0.2) is 38.9 Å². The maximum Gasteiger partial charge on any atom is 0.352 e. The number of fused-ring (bicyclic) bond motifs is 1. The molecule has 0 radical (unpaired) electrons. The van der Waals surface area contributed by atoms with E-state index in [4.69, 9.17) is 10.6 Å². The highest BCUT2D eigenvalue weighted by Crippen LogP contribution is 2.40. The first kappa shape index (κ1) is 28.1. The number of nitrogens with zero attached hydrogens (tertiary/aromatic N) is 4. The van der Waals surface area contributed by atoms with Gasteiger partial charge in [-0.1, -0.05) is 5.16 Å². The highest BCUT2D eigenvalue weighted by Gasteiger charge is 2.55. The van der Waals surface area contributed by atoms with Gasteiger partial charge >= 0.3 is 5.97 Å². The van der Waals surface area contributed by atoms with Gasteiger partial charge < -0.3 is 35.6 Å². The summed E-state index contributed by atoms with van der Waals surface area (Å²) in [6.07, 6.45) is 1.72. The van der Waals surface area contributed by atoms with Crippen LogP contribution in [0.2, 0.25) is 0 Å². The van der Waals surface area contributed by atoms with Gasteiger partial charge in [0.1, 0.15) is 36.5 Å². The van der Waals surface area contributed by atoms with Crippen LogP contribution in [0.1, 0.15) is 11.4 Å². The molecule has 2 atom stereocenters. The quantitative estimate of drug-likeness (QED) is 0.106. The number of quaternary nitrogens is 1. The minimum atomic E-state index is -1.23. The Kier molecular flexibility index (Phi) is 7.99. The molecule has 14 nitrogen and oxygen atoms in total. The average molecular weight is 579 g/mol. The van der Waals surface area contributed by atoms with E-state index in [1.54, 1.807) is 0 Å². The highest BCUT2D eigenvalue weighted by atomic mass is 32.2. The zero-order valence-corrected chi connectivity index (χ0v) is 23.0. The zero-order chi connectivity index (χ0) is 28.5. The summed E-state index contributed by atoms with van der Waals surface area (Å²) in [5, 5.41) is 27.0. The molecular formula is C23H28N7O7S2+. The standard InChI is InChI=1S/C23H27N7O7S2/c1-30(2,5-4-12-6-14(31)15(32)7-25-12)8-11-9-38-21-17(20(34)29(21)18(11)22(35)36)27-19(33)16(28-37-3)13-10-39-23(24)26-13/h6-7,10,17,21H,4-5,8-9H2,1-3H3,(H5-,24,25,26,27,28,31,32,33,35,36)/p+1/t17-,21+/m1/s1.